The lowest BCUT2D eigenvalue weighted by Crippen LogP contribution is -1.96. The Labute approximate surface area is 238 Å². The smallest absolute Gasteiger partial charge is 0.220 e. The normalized spacial score (nSPS) is 12.3. The maximum atomic E-state index is 6.46. The van der Waals surface area contributed by atoms with E-state index in [9.17, 15) is 0 Å². The van der Waals surface area contributed by atoms with Gasteiger partial charge < -0.3 is 8.98 Å². The summed E-state index contributed by atoms with van der Waals surface area (Å²) in [5.74, 6) is 0.880. The largest absolute Gasteiger partial charge is 0.456 e. The van der Waals surface area contributed by atoms with Crippen molar-refractivity contribution in [1.29, 1.82) is 0 Å². The zero-order valence-electron chi connectivity index (χ0n) is 22.3. The summed E-state index contributed by atoms with van der Waals surface area (Å²) in [5.41, 5.74) is 10.4. The molecule has 6 nitrogen and oxygen atoms in total. The highest BCUT2D eigenvalue weighted by Gasteiger charge is 2.21. The van der Waals surface area contributed by atoms with E-state index in [0.29, 0.717) is 0 Å². The van der Waals surface area contributed by atoms with E-state index < -0.39 is 0 Å². The van der Waals surface area contributed by atoms with E-state index in [1.165, 1.54) is 5.39 Å². The number of benzene rings is 5. The Morgan fingerprint density at radius 2 is 1.33 bits per heavy atom. The Kier molecular flexibility index (Phi) is 4.10. The first-order chi connectivity index (χ1) is 20.8. The number of imidazole rings is 2. The third-order valence-corrected chi connectivity index (χ3v) is 8.54. The number of aromatic nitrogens is 5. The molecule has 0 atom stereocenters. The SMILES string of the molecule is c1ccc2c(c1)nc1n(-c3cccc4oc5ccc(-n6c7ccccc7c7cnccc76)cc5c34)c3ccccc3n21. The van der Waals surface area contributed by atoms with Crippen molar-refractivity contribution in [3.05, 3.63) is 128 Å². The number of hydrogen-bond acceptors (Lipinski definition) is 3. The first-order valence-electron chi connectivity index (χ1n) is 14.0. The summed E-state index contributed by atoms with van der Waals surface area (Å²) in [6.07, 6.45) is 3.81. The summed E-state index contributed by atoms with van der Waals surface area (Å²) < 4.78 is 13.3. The minimum atomic E-state index is 0.845. The summed E-state index contributed by atoms with van der Waals surface area (Å²) >= 11 is 0. The van der Waals surface area contributed by atoms with Crippen molar-refractivity contribution in [3.8, 4) is 11.4 Å². The molecule has 5 aromatic carbocycles. The van der Waals surface area contributed by atoms with Crippen molar-refractivity contribution >= 4 is 71.6 Å². The molecule has 5 heterocycles. The maximum absolute atomic E-state index is 6.46. The van der Waals surface area contributed by atoms with Crippen molar-refractivity contribution in [2.75, 3.05) is 0 Å². The molecule has 5 aromatic heterocycles. The van der Waals surface area contributed by atoms with Crippen LogP contribution < -0.4 is 0 Å². The van der Waals surface area contributed by atoms with Crippen LogP contribution in [-0.4, -0.2) is 23.5 Å². The van der Waals surface area contributed by atoms with E-state index in [4.69, 9.17) is 9.40 Å². The van der Waals surface area contributed by atoms with Crippen LogP contribution >= 0.6 is 0 Å². The van der Waals surface area contributed by atoms with Gasteiger partial charge in [0.1, 0.15) is 11.2 Å². The van der Waals surface area contributed by atoms with Crippen LogP contribution in [0.1, 0.15) is 0 Å². The van der Waals surface area contributed by atoms with Gasteiger partial charge in [0.05, 0.1) is 44.2 Å². The van der Waals surface area contributed by atoms with Gasteiger partial charge in [-0.1, -0.05) is 48.5 Å². The number of hydrogen-bond donors (Lipinski definition) is 0. The van der Waals surface area contributed by atoms with Crippen LogP contribution in [0.3, 0.4) is 0 Å². The van der Waals surface area contributed by atoms with Gasteiger partial charge in [-0.3, -0.25) is 14.0 Å². The summed E-state index contributed by atoms with van der Waals surface area (Å²) in [5, 5.41) is 4.45. The number of furan rings is 1. The lowest BCUT2D eigenvalue weighted by molar-refractivity contribution is 0.669. The van der Waals surface area contributed by atoms with Crippen molar-refractivity contribution < 1.29 is 4.42 Å². The molecule has 0 unspecified atom stereocenters. The predicted octanol–water partition coefficient (Wildman–Crippen LogP) is 8.82. The summed E-state index contributed by atoms with van der Waals surface area (Å²) in [7, 11) is 0. The zero-order chi connectivity index (χ0) is 27.4. The third kappa shape index (κ3) is 2.73. The van der Waals surface area contributed by atoms with Gasteiger partial charge in [-0.15, -0.1) is 0 Å². The quantitative estimate of drug-likeness (QED) is 0.221. The van der Waals surface area contributed by atoms with Crippen LogP contribution in [0.15, 0.2) is 132 Å². The Morgan fingerprint density at radius 1 is 0.548 bits per heavy atom. The molecular weight excluding hydrogens is 518 g/mol. The van der Waals surface area contributed by atoms with E-state index in [0.717, 1.165) is 77.6 Å². The number of nitrogens with zero attached hydrogens (tertiary/aromatic N) is 5. The molecule has 0 aliphatic carbocycles. The maximum Gasteiger partial charge on any atom is 0.220 e. The van der Waals surface area contributed by atoms with Gasteiger partial charge in [0.2, 0.25) is 5.78 Å². The number of rotatable bonds is 2. The van der Waals surface area contributed by atoms with E-state index in [1.54, 1.807) is 0 Å². The fraction of sp³-hybridized carbons (Fsp3) is 0. The Hall–Kier alpha value is -5.88. The molecule has 0 aliphatic heterocycles. The molecule has 0 fully saturated rings. The second-order valence-corrected chi connectivity index (χ2v) is 10.7. The highest BCUT2D eigenvalue weighted by Crippen LogP contribution is 2.39. The van der Waals surface area contributed by atoms with E-state index >= 15 is 0 Å². The zero-order valence-corrected chi connectivity index (χ0v) is 22.3. The molecule has 6 heteroatoms. The Morgan fingerprint density at radius 3 is 2.26 bits per heavy atom. The predicted molar refractivity (Wildman–Crippen MR) is 169 cm³/mol. The second-order valence-electron chi connectivity index (χ2n) is 10.7. The van der Waals surface area contributed by atoms with Crippen LogP contribution in [0.5, 0.6) is 0 Å². The van der Waals surface area contributed by atoms with Crippen LogP contribution in [0.2, 0.25) is 0 Å². The van der Waals surface area contributed by atoms with Gasteiger partial charge in [0.15, 0.2) is 0 Å². The molecule has 10 aromatic rings. The van der Waals surface area contributed by atoms with Gasteiger partial charge in [-0.05, 0) is 66.7 Å². The number of para-hydroxylation sites is 5. The fourth-order valence-electron chi connectivity index (χ4n) is 6.80. The number of pyridine rings is 1. The Bertz CT molecular complexity index is 2650. The minimum Gasteiger partial charge on any atom is -0.456 e. The lowest BCUT2D eigenvalue weighted by Gasteiger charge is -2.09. The van der Waals surface area contributed by atoms with Crippen molar-refractivity contribution in [3.63, 3.8) is 0 Å². The summed E-state index contributed by atoms with van der Waals surface area (Å²) in [6, 6.07) is 40.2. The molecular formula is C36H21N5O. The van der Waals surface area contributed by atoms with Crippen molar-refractivity contribution in [2.45, 2.75) is 0 Å². The van der Waals surface area contributed by atoms with E-state index in [1.807, 2.05) is 18.5 Å². The minimum absolute atomic E-state index is 0.845. The molecule has 42 heavy (non-hydrogen) atoms. The van der Waals surface area contributed by atoms with Gasteiger partial charge in [-0.25, -0.2) is 4.98 Å². The molecule has 0 aliphatic rings. The number of fused-ring (bicyclic) bond motifs is 11. The van der Waals surface area contributed by atoms with Crippen LogP contribution in [0, 0.1) is 0 Å². The average molecular weight is 540 g/mol. The monoisotopic (exact) mass is 539 g/mol. The van der Waals surface area contributed by atoms with Crippen LogP contribution in [-0.2, 0) is 0 Å². The van der Waals surface area contributed by atoms with Gasteiger partial charge in [0, 0.05) is 34.2 Å². The molecule has 0 radical (unpaired) electrons. The molecule has 0 spiro atoms. The molecule has 0 bridgehead atoms. The van der Waals surface area contributed by atoms with Gasteiger partial charge in [-0.2, -0.15) is 0 Å². The van der Waals surface area contributed by atoms with Crippen LogP contribution in [0.25, 0.3) is 83.0 Å². The van der Waals surface area contributed by atoms with Crippen molar-refractivity contribution in [2.24, 2.45) is 0 Å². The highest BCUT2D eigenvalue weighted by atomic mass is 16.3. The van der Waals surface area contributed by atoms with Crippen molar-refractivity contribution in [1.82, 2.24) is 23.5 Å². The molecule has 0 saturated carbocycles. The fourth-order valence-corrected chi connectivity index (χ4v) is 6.80. The summed E-state index contributed by atoms with van der Waals surface area (Å²) in [4.78, 5) is 9.53. The van der Waals surface area contributed by atoms with Crippen LogP contribution in [0.4, 0.5) is 0 Å². The van der Waals surface area contributed by atoms with E-state index in [2.05, 4.69) is 128 Å². The van der Waals surface area contributed by atoms with E-state index in [-0.39, 0.29) is 0 Å². The molecule has 0 saturated heterocycles. The lowest BCUT2D eigenvalue weighted by atomic mass is 10.1. The standard InChI is InChI=1S/C36H21N5O/c1-3-10-27-23(8-1)25-21-37-19-18-28(25)39(27)22-16-17-33-24(20-22)35-32(14-7-15-34(35)42-33)41-31-13-6-5-12-30(31)40-29-11-4-2-9-26(29)38-36(40)41/h1-21H. The first-order valence-corrected chi connectivity index (χ1v) is 14.0. The summed E-state index contributed by atoms with van der Waals surface area (Å²) in [6.45, 7) is 0. The molecule has 10 rings (SSSR count). The molecule has 0 amide bonds. The first kappa shape index (κ1) is 21.9. The highest BCUT2D eigenvalue weighted by molar-refractivity contribution is 6.12. The van der Waals surface area contributed by atoms with Gasteiger partial charge in [0.25, 0.3) is 0 Å². The third-order valence-electron chi connectivity index (χ3n) is 8.54. The Balaban J connectivity index is 1.33. The second kappa shape index (κ2) is 7.86. The van der Waals surface area contributed by atoms with Gasteiger partial charge >= 0.3 is 0 Å². The molecule has 0 N–H and O–H groups in total. The average Bonchev–Trinajstić information content (AvgIpc) is 3.77. The molecule has 196 valence electrons. The topological polar surface area (TPSA) is 53.2 Å².